The molecule has 1 amide bonds. The van der Waals surface area contributed by atoms with Crippen LogP contribution < -0.4 is 5.32 Å². The zero-order valence-corrected chi connectivity index (χ0v) is 47.7. The van der Waals surface area contributed by atoms with Crippen LogP contribution in [0, 0.1) is 0 Å². The van der Waals surface area contributed by atoms with E-state index in [2.05, 4.69) is 62.5 Å². The third-order valence-corrected chi connectivity index (χ3v) is 14.0. The maximum Gasteiger partial charge on any atom is 0.472 e. The number of amides is 1. The van der Waals surface area contributed by atoms with E-state index in [0.717, 1.165) is 89.9 Å². The molecule has 0 saturated carbocycles. The standard InChI is InChI=1S/C60H113N2O7P/c1-7-10-13-16-19-22-25-27-29-31-33-35-38-41-44-47-50-53-60(64)69-58(51-48-45-42-39-36-24-21-18-15-12-9-3)57(56-68-70(65,66)67-55-54-62(4,5)6)61-59(63)52-49-46-43-40-37-34-32-30-28-26-23-20-17-14-11-8-2/h11,14,20,23,28,30,48,51,57-58H,7-10,12-13,15-19,21-22,24-27,29,31-47,49-50,52-56H2,1-6H3,(H-,61,63,65,66)/p+1/b14-11+,23-20+,30-28+,51-48+. The molecule has 2 N–H and O–H groups in total. The molecule has 10 heteroatoms. The van der Waals surface area contributed by atoms with Gasteiger partial charge in [0.05, 0.1) is 33.8 Å². The minimum atomic E-state index is -4.44. The van der Waals surface area contributed by atoms with Crippen molar-refractivity contribution in [3.63, 3.8) is 0 Å². The van der Waals surface area contributed by atoms with Crippen molar-refractivity contribution < 1.29 is 37.3 Å². The molecule has 70 heavy (non-hydrogen) atoms. The number of ether oxygens (including phenoxy) is 1. The van der Waals surface area contributed by atoms with Gasteiger partial charge in [0.2, 0.25) is 5.91 Å². The first-order valence-corrected chi connectivity index (χ1v) is 31.0. The molecule has 0 saturated heterocycles. The maximum atomic E-state index is 13.5. The molecule has 0 aliphatic heterocycles. The van der Waals surface area contributed by atoms with Crippen molar-refractivity contribution in [3.05, 3.63) is 48.6 Å². The first kappa shape index (κ1) is 68.0. The van der Waals surface area contributed by atoms with Gasteiger partial charge in [-0.25, -0.2) is 4.57 Å². The van der Waals surface area contributed by atoms with Gasteiger partial charge in [0.1, 0.15) is 19.3 Å². The number of phosphoric ester groups is 1. The molecule has 3 atom stereocenters. The number of nitrogens with one attached hydrogen (secondary N) is 1. The molecule has 0 radical (unpaired) electrons. The summed E-state index contributed by atoms with van der Waals surface area (Å²) in [4.78, 5) is 37.6. The van der Waals surface area contributed by atoms with Crippen LogP contribution in [0.1, 0.15) is 271 Å². The Morgan fingerprint density at radius 3 is 1.37 bits per heavy atom. The molecule has 0 spiro atoms. The van der Waals surface area contributed by atoms with Crippen molar-refractivity contribution in [1.82, 2.24) is 5.32 Å². The number of phosphoric acid groups is 1. The Morgan fingerprint density at radius 2 is 0.914 bits per heavy atom. The average molecular weight is 1010 g/mol. The van der Waals surface area contributed by atoms with Crippen molar-refractivity contribution >= 4 is 19.7 Å². The Balaban J connectivity index is 5.28. The predicted molar refractivity (Wildman–Crippen MR) is 300 cm³/mol. The van der Waals surface area contributed by atoms with Crippen LogP contribution in [-0.2, 0) is 27.9 Å². The predicted octanol–water partition coefficient (Wildman–Crippen LogP) is 17.7. The van der Waals surface area contributed by atoms with Crippen LogP contribution in [-0.4, -0.2) is 74.3 Å². The third kappa shape index (κ3) is 50.9. The van der Waals surface area contributed by atoms with E-state index in [-0.39, 0.29) is 25.1 Å². The summed E-state index contributed by atoms with van der Waals surface area (Å²) in [5, 5.41) is 3.04. The lowest BCUT2D eigenvalue weighted by Gasteiger charge is -2.27. The normalized spacial score (nSPS) is 14.1. The molecule has 0 rings (SSSR count). The first-order valence-electron chi connectivity index (χ1n) is 29.5. The number of unbranched alkanes of at least 4 members (excludes halogenated alkanes) is 31. The maximum absolute atomic E-state index is 13.5. The van der Waals surface area contributed by atoms with Crippen LogP contribution in [0.2, 0.25) is 0 Å². The molecule has 0 aromatic heterocycles. The second kappa shape index (κ2) is 50.5. The van der Waals surface area contributed by atoms with Crippen LogP contribution in [0.15, 0.2) is 48.6 Å². The molecule has 0 aliphatic rings. The summed E-state index contributed by atoms with van der Waals surface area (Å²) in [6.07, 6.45) is 61.0. The summed E-state index contributed by atoms with van der Waals surface area (Å²) in [6.45, 7) is 6.90. The SMILES string of the molecule is CC/C=C/C/C=C/C/C=C/CCCCCCCCC(=O)NC(COP(=O)(O)OCC[N+](C)(C)C)C(/C=C/CCCCCCCCCCC)OC(=O)CCCCCCCCCCCCCCCCCCC. The average Bonchev–Trinajstić information content (AvgIpc) is 3.32. The van der Waals surface area contributed by atoms with Gasteiger partial charge in [0, 0.05) is 12.8 Å². The zero-order chi connectivity index (χ0) is 51.5. The molecule has 3 unspecified atom stereocenters. The van der Waals surface area contributed by atoms with E-state index in [4.69, 9.17) is 13.8 Å². The van der Waals surface area contributed by atoms with E-state index in [9.17, 15) is 19.0 Å². The minimum Gasteiger partial charge on any atom is -0.456 e. The molecular formula is C60H114N2O7P+. The molecule has 0 aromatic rings. The number of carbonyl (C=O) groups excluding carboxylic acids is 2. The number of hydrogen-bond donors (Lipinski definition) is 2. The fourth-order valence-electron chi connectivity index (χ4n) is 8.48. The largest absolute Gasteiger partial charge is 0.472 e. The summed E-state index contributed by atoms with van der Waals surface area (Å²) in [5.41, 5.74) is 0. The molecule has 0 aliphatic carbocycles. The number of rotatable bonds is 53. The number of quaternary nitrogens is 1. The van der Waals surface area contributed by atoms with Gasteiger partial charge in [0.15, 0.2) is 0 Å². The van der Waals surface area contributed by atoms with Crippen molar-refractivity contribution in [3.8, 4) is 0 Å². The Hall–Kier alpha value is -2.03. The molecule has 0 heterocycles. The van der Waals surface area contributed by atoms with Crippen molar-refractivity contribution in [2.24, 2.45) is 0 Å². The Bertz CT molecular complexity index is 1340. The fraction of sp³-hybridized carbons (Fsp3) is 0.833. The van der Waals surface area contributed by atoms with E-state index in [1.165, 1.54) is 148 Å². The van der Waals surface area contributed by atoms with Crippen molar-refractivity contribution in [2.45, 2.75) is 283 Å². The molecule has 0 aromatic carbocycles. The number of esters is 1. The number of hydrogen-bond acceptors (Lipinski definition) is 6. The number of carbonyl (C=O) groups is 2. The molecule has 0 fully saturated rings. The quantitative estimate of drug-likeness (QED) is 0.0205. The van der Waals surface area contributed by atoms with Gasteiger partial charge in [-0.15, -0.1) is 0 Å². The molecule has 410 valence electrons. The van der Waals surface area contributed by atoms with E-state index in [1.54, 1.807) is 0 Å². The van der Waals surface area contributed by atoms with Crippen LogP contribution in [0.5, 0.6) is 0 Å². The lowest BCUT2D eigenvalue weighted by atomic mass is 10.0. The summed E-state index contributed by atoms with van der Waals surface area (Å²) in [5.74, 6) is -0.512. The minimum absolute atomic E-state index is 0.0381. The van der Waals surface area contributed by atoms with Crippen LogP contribution in [0.4, 0.5) is 0 Å². The smallest absolute Gasteiger partial charge is 0.456 e. The van der Waals surface area contributed by atoms with E-state index in [0.29, 0.717) is 23.9 Å². The highest BCUT2D eigenvalue weighted by atomic mass is 31.2. The molecule has 0 bridgehead atoms. The van der Waals surface area contributed by atoms with E-state index >= 15 is 0 Å². The van der Waals surface area contributed by atoms with E-state index < -0.39 is 20.0 Å². The van der Waals surface area contributed by atoms with E-state index in [1.807, 2.05) is 33.3 Å². The third-order valence-electron chi connectivity index (χ3n) is 13.0. The summed E-state index contributed by atoms with van der Waals surface area (Å²) < 4.78 is 30.6. The van der Waals surface area contributed by atoms with Gasteiger partial charge in [0.25, 0.3) is 0 Å². The zero-order valence-electron chi connectivity index (χ0n) is 46.8. The van der Waals surface area contributed by atoms with Gasteiger partial charge in [-0.2, -0.15) is 0 Å². The topological polar surface area (TPSA) is 111 Å². The van der Waals surface area contributed by atoms with Crippen LogP contribution >= 0.6 is 7.82 Å². The second-order valence-electron chi connectivity index (χ2n) is 21.1. The Labute approximate surface area is 433 Å². The fourth-order valence-corrected chi connectivity index (χ4v) is 9.22. The van der Waals surface area contributed by atoms with Gasteiger partial charge in [-0.05, 0) is 63.9 Å². The highest BCUT2D eigenvalue weighted by Crippen LogP contribution is 2.43. The Kier molecular flexibility index (Phi) is 49.0. The lowest BCUT2D eigenvalue weighted by molar-refractivity contribution is -0.870. The van der Waals surface area contributed by atoms with Gasteiger partial charge < -0.3 is 19.4 Å². The van der Waals surface area contributed by atoms with Gasteiger partial charge in [-0.3, -0.25) is 18.6 Å². The van der Waals surface area contributed by atoms with Crippen LogP contribution in [0.3, 0.4) is 0 Å². The molecule has 9 nitrogen and oxygen atoms in total. The Morgan fingerprint density at radius 1 is 0.514 bits per heavy atom. The highest BCUT2D eigenvalue weighted by molar-refractivity contribution is 7.47. The van der Waals surface area contributed by atoms with Gasteiger partial charge in [-0.1, -0.05) is 243 Å². The van der Waals surface area contributed by atoms with Gasteiger partial charge >= 0.3 is 13.8 Å². The highest BCUT2D eigenvalue weighted by Gasteiger charge is 2.30. The lowest BCUT2D eigenvalue weighted by Crippen LogP contribution is -2.47. The number of allylic oxidation sites excluding steroid dienone is 7. The first-order chi connectivity index (χ1) is 33.9. The second-order valence-corrected chi connectivity index (χ2v) is 22.6. The summed E-state index contributed by atoms with van der Waals surface area (Å²) in [7, 11) is 1.49. The summed E-state index contributed by atoms with van der Waals surface area (Å²) in [6, 6.07) is -0.852. The summed E-state index contributed by atoms with van der Waals surface area (Å²) >= 11 is 0. The van der Waals surface area contributed by atoms with Crippen LogP contribution in [0.25, 0.3) is 0 Å². The van der Waals surface area contributed by atoms with Crippen molar-refractivity contribution in [1.29, 1.82) is 0 Å². The monoisotopic (exact) mass is 1010 g/mol. The number of nitrogens with zero attached hydrogens (tertiary/aromatic N) is 1. The number of likely N-dealkylation sites (N-methyl/N-ethyl adjacent to an activating group) is 1. The van der Waals surface area contributed by atoms with Crippen molar-refractivity contribution in [2.75, 3.05) is 40.9 Å². The molecular weight excluding hydrogens is 892 g/mol.